The lowest BCUT2D eigenvalue weighted by Gasteiger charge is -2.39. The normalized spacial score (nSPS) is 19.3. The van der Waals surface area contributed by atoms with Crippen LogP contribution in [-0.2, 0) is 6.54 Å². The van der Waals surface area contributed by atoms with E-state index >= 15 is 0 Å². The van der Waals surface area contributed by atoms with Gasteiger partial charge in [-0.05, 0) is 19.1 Å². The fourth-order valence-corrected chi connectivity index (χ4v) is 2.52. The lowest BCUT2D eigenvalue weighted by atomic mass is 10.2. The average Bonchev–Trinajstić information content (AvgIpc) is 2.94. The SMILES string of the molecule is CC1CN(C(=O)NCc2ccc(C(N)=O)o2)CCN1CC(F)(F)F. The van der Waals surface area contributed by atoms with E-state index in [0.717, 1.165) is 0 Å². The summed E-state index contributed by atoms with van der Waals surface area (Å²) in [6.45, 7) is 1.29. The van der Waals surface area contributed by atoms with Crippen molar-refractivity contribution in [1.29, 1.82) is 0 Å². The molecule has 1 aromatic heterocycles. The van der Waals surface area contributed by atoms with Gasteiger partial charge in [0, 0.05) is 25.7 Å². The number of piperazine rings is 1. The smallest absolute Gasteiger partial charge is 0.401 e. The molecule has 134 valence electrons. The Balaban J connectivity index is 1.82. The van der Waals surface area contributed by atoms with Gasteiger partial charge < -0.3 is 20.4 Å². The highest BCUT2D eigenvalue weighted by molar-refractivity contribution is 5.89. The molecule has 1 aromatic rings. The number of carbonyl (C=O) groups is 2. The first kappa shape index (κ1) is 18.1. The predicted molar refractivity (Wildman–Crippen MR) is 78.1 cm³/mol. The van der Waals surface area contributed by atoms with Gasteiger partial charge in [0.25, 0.3) is 5.91 Å². The lowest BCUT2D eigenvalue weighted by Crippen LogP contribution is -2.57. The molecular weight excluding hydrogens is 329 g/mol. The van der Waals surface area contributed by atoms with Crippen LogP contribution in [0.1, 0.15) is 23.2 Å². The molecule has 2 heterocycles. The Bertz CT molecular complexity index is 602. The van der Waals surface area contributed by atoms with Crippen molar-refractivity contribution < 1.29 is 27.2 Å². The third-order valence-electron chi connectivity index (χ3n) is 3.75. The predicted octanol–water partition coefficient (Wildman–Crippen LogP) is 1.16. The third kappa shape index (κ3) is 4.88. The highest BCUT2D eigenvalue weighted by Crippen LogP contribution is 2.20. The van der Waals surface area contributed by atoms with Gasteiger partial charge in [-0.2, -0.15) is 13.2 Å². The number of urea groups is 1. The summed E-state index contributed by atoms with van der Waals surface area (Å²) in [4.78, 5) is 25.8. The number of hydrogen-bond donors (Lipinski definition) is 2. The van der Waals surface area contributed by atoms with Crippen LogP contribution in [-0.4, -0.2) is 60.1 Å². The second-order valence-corrected chi connectivity index (χ2v) is 5.67. The van der Waals surface area contributed by atoms with E-state index in [1.54, 1.807) is 6.92 Å². The average molecular weight is 348 g/mol. The molecule has 1 fully saturated rings. The van der Waals surface area contributed by atoms with Crippen molar-refractivity contribution >= 4 is 11.9 Å². The fourth-order valence-electron chi connectivity index (χ4n) is 2.52. The lowest BCUT2D eigenvalue weighted by molar-refractivity contribution is -0.153. The number of primary amides is 1. The number of carbonyl (C=O) groups excluding carboxylic acids is 2. The van der Waals surface area contributed by atoms with Gasteiger partial charge in [0.15, 0.2) is 5.76 Å². The zero-order valence-electron chi connectivity index (χ0n) is 13.1. The van der Waals surface area contributed by atoms with Gasteiger partial charge >= 0.3 is 12.2 Å². The van der Waals surface area contributed by atoms with E-state index in [1.165, 1.54) is 21.9 Å². The van der Waals surface area contributed by atoms with E-state index in [4.69, 9.17) is 10.2 Å². The van der Waals surface area contributed by atoms with Crippen LogP contribution in [0.3, 0.4) is 0 Å². The number of nitrogens with zero attached hydrogens (tertiary/aromatic N) is 2. The van der Waals surface area contributed by atoms with E-state index in [1.807, 2.05) is 0 Å². The molecule has 0 aromatic carbocycles. The Hall–Kier alpha value is -2.23. The largest absolute Gasteiger partial charge is 0.454 e. The first-order valence-corrected chi connectivity index (χ1v) is 7.38. The summed E-state index contributed by atoms with van der Waals surface area (Å²) < 4.78 is 42.5. The van der Waals surface area contributed by atoms with E-state index in [-0.39, 0.29) is 31.9 Å². The van der Waals surface area contributed by atoms with Crippen molar-refractivity contribution in [3.63, 3.8) is 0 Å². The zero-order chi connectivity index (χ0) is 17.9. The molecule has 1 aliphatic heterocycles. The van der Waals surface area contributed by atoms with E-state index in [2.05, 4.69) is 5.32 Å². The quantitative estimate of drug-likeness (QED) is 0.854. The first-order chi connectivity index (χ1) is 11.2. The summed E-state index contributed by atoms with van der Waals surface area (Å²) in [7, 11) is 0. The second-order valence-electron chi connectivity index (χ2n) is 5.67. The first-order valence-electron chi connectivity index (χ1n) is 7.38. The molecule has 2 rings (SSSR count). The molecule has 7 nitrogen and oxygen atoms in total. The molecule has 3 N–H and O–H groups in total. The maximum atomic E-state index is 12.5. The van der Waals surface area contributed by atoms with Crippen LogP contribution in [0.4, 0.5) is 18.0 Å². The highest BCUT2D eigenvalue weighted by atomic mass is 19.4. The van der Waals surface area contributed by atoms with E-state index in [0.29, 0.717) is 5.76 Å². The maximum absolute atomic E-state index is 12.5. The molecule has 3 amide bonds. The van der Waals surface area contributed by atoms with Crippen molar-refractivity contribution in [2.45, 2.75) is 25.7 Å². The molecule has 1 unspecified atom stereocenters. The van der Waals surface area contributed by atoms with Gasteiger partial charge in [-0.3, -0.25) is 9.69 Å². The molecule has 24 heavy (non-hydrogen) atoms. The molecule has 1 aliphatic rings. The van der Waals surface area contributed by atoms with E-state index in [9.17, 15) is 22.8 Å². The fraction of sp³-hybridized carbons (Fsp3) is 0.571. The van der Waals surface area contributed by atoms with Gasteiger partial charge in [0.05, 0.1) is 13.1 Å². The van der Waals surface area contributed by atoms with E-state index < -0.39 is 30.7 Å². The van der Waals surface area contributed by atoms with Gasteiger partial charge in [-0.1, -0.05) is 0 Å². The van der Waals surface area contributed by atoms with Crippen molar-refractivity contribution in [2.24, 2.45) is 5.73 Å². The number of alkyl halides is 3. The zero-order valence-corrected chi connectivity index (χ0v) is 13.1. The Kier molecular flexibility index (Phi) is 5.37. The number of nitrogens with one attached hydrogen (secondary N) is 1. The number of halogens is 3. The third-order valence-corrected chi connectivity index (χ3v) is 3.75. The van der Waals surface area contributed by atoms with Crippen LogP contribution in [0.5, 0.6) is 0 Å². The van der Waals surface area contributed by atoms with Crippen molar-refractivity contribution in [2.75, 3.05) is 26.2 Å². The minimum absolute atomic E-state index is 0.00589. The maximum Gasteiger partial charge on any atom is 0.401 e. The summed E-state index contributed by atoms with van der Waals surface area (Å²) in [5.41, 5.74) is 5.06. The Morgan fingerprint density at radius 3 is 2.62 bits per heavy atom. The van der Waals surface area contributed by atoms with Crippen molar-refractivity contribution in [3.05, 3.63) is 23.7 Å². The van der Waals surface area contributed by atoms with Crippen molar-refractivity contribution in [1.82, 2.24) is 15.1 Å². The minimum atomic E-state index is -4.25. The van der Waals surface area contributed by atoms with Crippen LogP contribution in [0.15, 0.2) is 16.5 Å². The molecule has 0 aliphatic carbocycles. The van der Waals surface area contributed by atoms with Gasteiger partial charge in [-0.15, -0.1) is 0 Å². The standard InChI is InChI=1S/C14H19F3N4O3/c1-9-7-20(4-5-21(9)8-14(15,16)17)13(23)19-6-10-2-3-11(24-10)12(18)22/h2-3,9H,4-8H2,1H3,(H2,18,22)(H,19,23). The molecule has 1 saturated heterocycles. The highest BCUT2D eigenvalue weighted by Gasteiger charge is 2.35. The number of amides is 3. The summed E-state index contributed by atoms with van der Waals surface area (Å²) >= 11 is 0. The molecule has 0 bridgehead atoms. The number of hydrogen-bond acceptors (Lipinski definition) is 4. The topological polar surface area (TPSA) is 91.8 Å². The number of furan rings is 1. The molecular formula is C14H19F3N4O3. The van der Waals surface area contributed by atoms with Crippen LogP contribution in [0.2, 0.25) is 0 Å². The molecule has 1 atom stereocenters. The summed E-state index contributed by atoms with van der Waals surface area (Å²) in [5, 5.41) is 2.60. The van der Waals surface area contributed by atoms with Gasteiger partial charge in [0.1, 0.15) is 5.76 Å². The van der Waals surface area contributed by atoms with Crippen LogP contribution in [0, 0.1) is 0 Å². The minimum Gasteiger partial charge on any atom is -0.454 e. The summed E-state index contributed by atoms with van der Waals surface area (Å²) in [5.74, 6) is -0.350. The van der Waals surface area contributed by atoms with Crippen molar-refractivity contribution in [3.8, 4) is 0 Å². The van der Waals surface area contributed by atoms with Crippen LogP contribution in [0.25, 0.3) is 0 Å². The molecule has 0 spiro atoms. The number of rotatable bonds is 4. The monoisotopic (exact) mass is 348 g/mol. The molecule has 0 saturated carbocycles. The van der Waals surface area contributed by atoms with Gasteiger partial charge in [0.2, 0.25) is 0 Å². The summed E-state index contributed by atoms with van der Waals surface area (Å²) in [6, 6.07) is 2.13. The Labute approximate surface area is 136 Å². The summed E-state index contributed by atoms with van der Waals surface area (Å²) in [6.07, 6.45) is -4.25. The van der Waals surface area contributed by atoms with Crippen LogP contribution < -0.4 is 11.1 Å². The molecule has 10 heteroatoms. The molecule has 0 radical (unpaired) electrons. The van der Waals surface area contributed by atoms with Gasteiger partial charge in [-0.25, -0.2) is 4.79 Å². The Morgan fingerprint density at radius 1 is 1.38 bits per heavy atom. The number of nitrogens with two attached hydrogens (primary N) is 1. The Morgan fingerprint density at radius 2 is 2.08 bits per heavy atom. The second kappa shape index (κ2) is 7.12. The van der Waals surface area contributed by atoms with Crippen LogP contribution >= 0.6 is 0 Å².